The Balaban J connectivity index is 1.55. The third kappa shape index (κ3) is 4.75. The van der Waals surface area contributed by atoms with Crippen LogP contribution in [0.1, 0.15) is 67.7 Å². The van der Waals surface area contributed by atoms with E-state index in [2.05, 4.69) is 20.4 Å². The van der Waals surface area contributed by atoms with Crippen LogP contribution in [0.2, 0.25) is 5.02 Å². The maximum Gasteiger partial charge on any atom is 0.352 e. The van der Waals surface area contributed by atoms with Gasteiger partial charge >= 0.3 is 5.69 Å². The van der Waals surface area contributed by atoms with Crippen molar-refractivity contribution in [2.45, 2.75) is 71.9 Å². The molecule has 1 amide bonds. The quantitative estimate of drug-likeness (QED) is 0.445. The fraction of sp³-hybridized carbons (Fsp3) is 0.500. The summed E-state index contributed by atoms with van der Waals surface area (Å²) in [4.78, 5) is 34.9. The van der Waals surface area contributed by atoms with Crippen molar-refractivity contribution in [3.8, 4) is 17.6 Å². The summed E-state index contributed by atoms with van der Waals surface area (Å²) in [5.41, 5.74) is 0.470. The summed E-state index contributed by atoms with van der Waals surface area (Å²) in [5, 5.41) is 7.24. The van der Waals surface area contributed by atoms with Crippen molar-refractivity contribution in [3.63, 3.8) is 0 Å². The maximum atomic E-state index is 15.5. The largest absolute Gasteiger partial charge is 0.480 e. The lowest BCUT2D eigenvalue weighted by molar-refractivity contribution is 0.101. The first-order chi connectivity index (χ1) is 18.2. The van der Waals surface area contributed by atoms with Crippen molar-refractivity contribution in [1.29, 1.82) is 0 Å². The molecule has 0 unspecified atom stereocenters. The van der Waals surface area contributed by atoms with Crippen LogP contribution in [0.5, 0.6) is 11.8 Å². The monoisotopic (exact) mass is 544 g/mol. The van der Waals surface area contributed by atoms with Crippen LogP contribution in [0.4, 0.5) is 10.1 Å². The fourth-order valence-electron chi connectivity index (χ4n) is 4.86. The molecule has 5 rings (SSSR count). The van der Waals surface area contributed by atoms with Gasteiger partial charge in [-0.15, -0.1) is 5.10 Å². The van der Waals surface area contributed by atoms with Gasteiger partial charge in [-0.05, 0) is 56.6 Å². The molecule has 12 heteroatoms. The maximum absolute atomic E-state index is 15.5. The van der Waals surface area contributed by atoms with Gasteiger partial charge in [0.15, 0.2) is 11.6 Å². The predicted octanol–water partition coefficient (Wildman–Crippen LogP) is 4.48. The molecule has 1 N–H and O–H groups in total. The molecule has 3 aromatic heterocycles. The molecule has 0 radical (unpaired) electrons. The van der Waals surface area contributed by atoms with Crippen LogP contribution in [-0.4, -0.2) is 43.4 Å². The number of amides is 1. The number of methoxy groups -OCH3 is 1. The van der Waals surface area contributed by atoms with Gasteiger partial charge < -0.3 is 14.8 Å². The average Bonchev–Trinajstić information content (AvgIpc) is 3.55. The second-order valence-electron chi connectivity index (χ2n) is 10.1. The number of anilines is 1. The summed E-state index contributed by atoms with van der Waals surface area (Å²) in [7, 11) is 1.41. The zero-order valence-electron chi connectivity index (χ0n) is 21.8. The van der Waals surface area contributed by atoms with Crippen molar-refractivity contribution in [2.75, 3.05) is 12.4 Å². The summed E-state index contributed by atoms with van der Waals surface area (Å²) < 4.78 is 29.2. The van der Waals surface area contributed by atoms with E-state index in [0.29, 0.717) is 30.8 Å². The molecule has 4 heterocycles. The van der Waals surface area contributed by atoms with Gasteiger partial charge in [0, 0.05) is 19.2 Å². The van der Waals surface area contributed by atoms with Crippen LogP contribution in [0.3, 0.4) is 0 Å². The van der Waals surface area contributed by atoms with Crippen molar-refractivity contribution < 1.29 is 18.7 Å². The topological polar surface area (TPSA) is 113 Å². The van der Waals surface area contributed by atoms with Crippen molar-refractivity contribution >= 4 is 23.2 Å². The van der Waals surface area contributed by atoms with E-state index in [9.17, 15) is 9.59 Å². The molecule has 202 valence electrons. The van der Waals surface area contributed by atoms with E-state index < -0.39 is 17.4 Å². The highest BCUT2D eigenvalue weighted by atomic mass is 35.5. The van der Waals surface area contributed by atoms with Crippen molar-refractivity contribution in [1.82, 2.24) is 24.3 Å². The third-order valence-electron chi connectivity index (χ3n) is 7.28. The number of pyridine rings is 2. The number of carbonyl (C=O) groups excluding carboxylic acids is 1. The van der Waals surface area contributed by atoms with Gasteiger partial charge in [0.05, 0.1) is 18.9 Å². The minimum atomic E-state index is -0.876. The SMILES string of the molecule is CCC[C@H](C)Oc1nc(-n2nc3n(c2=O)CCC2(CC2)C3)c(F)cc1C(=O)Nc1c(C)cnc(OC)c1Cl. The number of halogens is 2. The third-order valence-corrected chi connectivity index (χ3v) is 7.63. The highest BCUT2D eigenvalue weighted by molar-refractivity contribution is 6.35. The summed E-state index contributed by atoms with van der Waals surface area (Å²) in [6.07, 6.45) is 6.52. The zero-order valence-corrected chi connectivity index (χ0v) is 22.6. The minimum absolute atomic E-state index is 0.105. The summed E-state index contributed by atoms with van der Waals surface area (Å²) in [5.74, 6) is -1.22. The molecule has 1 atom stereocenters. The molecular weight excluding hydrogens is 515 g/mol. The summed E-state index contributed by atoms with van der Waals surface area (Å²) in [6.45, 7) is 6.10. The molecule has 0 bridgehead atoms. The molecule has 1 spiro atoms. The van der Waals surface area contributed by atoms with E-state index in [1.165, 1.54) is 13.3 Å². The Kier molecular flexibility index (Phi) is 6.89. The second-order valence-corrected chi connectivity index (χ2v) is 10.5. The summed E-state index contributed by atoms with van der Waals surface area (Å²) >= 11 is 6.37. The van der Waals surface area contributed by atoms with Crippen molar-refractivity contribution in [2.24, 2.45) is 5.41 Å². The van der Waals surface area contributed by atoms with Gasteiger partial charge in [0.2, 0.25) is 11.8 Å². The lowest BCUT2D eigenvalue weighted by Crippen LogP contribution is -2.30. The first-order valence-corrected chi connectivity index (χ1v) is 13.1. The lowest BCUT2D eigenvalue weighted by atomic mass is 9.95. The number of rotatable bonds is 8. The van der Waals surface area contributed by atoms with E-state index in [-0.39, 0.29) is 45.4 Å². The molecular formula is C26H30ClFN6O4. The Bertz CT molecular complexity index is 1460. The fourth-order valence-corrected chi connectivity index (χ4v) is 5.18. The first-order valence-electron chi connectivity index (χ1n) is 12.7. The van der Waals surface area contributed by atoms with Gasteiger partial charge in [-0.1, -0.05) is 24.9 Å². The van der Waals surface area contributed by atoms with Crippen molar-refractivity contribution in [3.05, 3.63) is 50.5 Å². The van der Waals surface area contributed by atoms with Crippen LogP contribution >= 0.6 is 11.6 Å². The molecule has 10 nitrogen and oxygen atoms in total. The van der Waals surface area contributed by atoms with Crippen LogP contribution in [0, 0.1) is 18.2 Å². The van der Waals surface area contributed by atoms with Crippen LogP contribution in [0.25, 0.3) is 5.82 Å². The van der Waals surface area contributed by atoms with E-state index in [1.54, 1.807) is 11.5 Å². The Labute approximate surface area is 224 Å². The van der Waals surface area contributed by atoms with Crippen LogP contribution in [-0.2, 0) is 13.0 Å². The zero-order chi connectivity index (χ0) is 27.2. The normalized spacial score (nSPS) is 16.2. The van der Waals surface area contributed by atoms with E-state index >= 15 is 4.39 Å². The number of hydrogen-bond acceptors (Lipinski definition) is 7. The number of aromatic nitrogens is 5. The van der Waals surface area contributed by atoms with Gasteiger partial charge in [-0.3, -0.25) is 9.36 Å². The van der Waals surface area contributed by atoms with E-state index in [1.807, 2.05) is 13.8 Å². The lowest BCUT2D eigenvalue weighted by Gasteiger charge is -2.20. The number of fused-ring (bicyclic) bond motifs is 1. The molecule has 2 aliphatic rings. The highest BCUT2D eigenvalue weighted by Crippen LogP contribution is 2.53. The van der Waals surface area contributed by atoms with Crippen LogP contribution in [0.15, 0.2) is 17.1 Å². The van der Waals surface area contributed by atoms with Gasteiger partial charge in [-0.2, -0.15) is 9.67 Å². The number of aryl methyl sites for hydroxylation is 1. The number of carbonyl (C=O) groups is 1. The molecule has 1 aliphatic carbocycles. The minimum Gasteiger partial charge on any atom is -0.480 e. The van der Waals surface area contributed by atoms with E-state index in [0.717, 1.165) is 36.4 Å². The highest BCUT2D eigenvalue weighted by Gasteiger charge is 2.46. The summed E-state index contributed by atoms with van der Waals surface area (Å²) in [6, 6.07) is 1.01. The molecule has 1 aliphatic heterocycles. The molecule has 3 aromatic rings. The predicted molar refractivity (Wildman–Crippen MR) is 139 cm³/mol. The van der Waals surface area contributed by atoms with Gasteiger partial charge in [0.1, 0.15) is 16.4 Å². The Hall–Kier alpha value is -3.47. The number of nitrogens with zero attached hydrogens (tertiary/aromatic N) is 5. The first kappa shape index (κ1) is 26.1. The number of nitrogens with one attached hydrogen (secondary N) is 1. The molecule has 0 saturated heterocycles. The average molecular weight is 545 g/mol. The molecule has 38 heavy (non-hydrogen) atoms. The van der Waals surface area contributed by atoms with Crippen LogP contribution < -0.4 is 20.5 Å². The Morgan fingerprint density at radius 2 is 2.08 bits per heavy atom. The van der Waals surface area contributed by atoms with E-state index in [4.69, 9.17) is 21.1 Å². The molecule has 0 aromatic carbocycles. The Morgan fingerprint density at radius 1 is 1.32 bits per heavy atom. The van der Waals surface area contributed by atoms with Gasteiger partial charge in [0.25, 0.3) is 5.91 Å². The standard InChI is InChI=1S/C26H30ClFN6O4/c1-5-6-15(3)38-23-16(22(35)30-20-14(2)13-29-24(37-4)19(20)27)11-17(28)21(31-23)34-25(36)33-10-9-26(7-8-26)12-18(33)32-34/h11,13,15H,5-10,12H2,1-4H3,(H,29,30,35)/t15-/m0/s1. The second kappa shape index (κ2) is 10.0. The van der Waals surface area contributed by atoms with Gasteiger partial charge in [-0.25, -0.2) is 14.2 Å². The molecule has 1 fully saturated rings. The number of hydrogen-bond donors (Lipinski definition) is 1. The number of ether oxygens (including phenoxy) is 2. The Morgan fingerprint density at radius 3 is 2.76 bits per heavy atom. The smallest absolute Gasteiger partial charge is 0.352 e. The molecule has 1 saturated carbocycles.